The molecule has 1 saturated heterocycles. The van der Waals surface area contributed by atoms with Gasteiger partial charge in [0.1, 0.15) is 0 Å². The zero-order valence-electron chi connectivity index (χ0n) is 11.6. The Morgan fingerprint density at radius 1 is 1.26 bits per heavy atom. The third-order valence-electron chi connectivity index (χ3n) is 3.47. The van der Waals surface area contributed by atoms with Crippen LogP contribution in [0.1, 0.15) is 25.3 Å². The lowest BCUT2D eigenvalue weighted by Gasteiger charge is -2.21. The quantitative estimate of drug-likeness (QED) is 0.895. The van der Waals surface area contributed by atoms with Gasteiger partial charge in [-0.1, -0.05) is 18.2 Å². The van der Waals surface area contributed by atoms with Crippen molar-refractivity contribution in [1.82, 2.24) is 9.62 Å². The van der Waals surface area contributed by atoms with E-state index in [1.807, 2.05) is 26.0 Å². The number of sulfonamides is 1. The molecule has 0 aromatic heterocycles. The summed E-state index contributed by atoms with van der Waals surface area (Å²) in [6, 6.07) is 7.01. The van der Waals surface area contributed by atoms with Gasteiger partial charge >= 0.3 is 0 Å². The number of nitrogens with zero attached hydrogens (tertiary/aromatic N) is 1. The predicted molar refractivity (Wildman–Crippen MR) is 76.6 cm³/mol. The van der Waals surface area contributed by atoms with Crippen molar-refractivity contribution < 1.29 is 8.42 Å². The van der Waals surface area contributed by atoms with E-state index in [0.29, 0.717) is 4.90 Å². The van der Waals surface area contributed by atoms with Crippen LogP contribution in [-0.2, 0) is 10.0 Å². The monoisotopic (exact) mass is 282 g/mol. The summed E-state index contributed by atoms with van der Waals surface area (Å²) in [4.78, 5) is 2.69. The molecule has 2 rings (SSSR count). The van der Waals surface area contributed by atoms with Gasteiger partial charge in [0.2, 0.25) is 10.0 Å². The maximum atomic E-state index is 12.3. The predicted octanol–water partition coefficient (Wildman–Crippen LogP) is 1.76. The molecule has 1 unspecified atom stereocenters. The van der Waals surface area contributed by atoms with E-state index < -0.39 is 10.0 Å². The van der Waals surface area contributed by atoms with Crippen LogP contribution in [0.3, 0.4) is 0 Å². The molecule has 0 spiro atoms. The van der Waals surface area contributed by atoms with Crippen LogP contribution < -0.4 is 4.72 Å². The number of hydrogen-bond acceptors (Lipinski definition) is 3. The lowest BCUT2D eigenvalue weighted by molar-refractivity contribution is 0.313. The smallest absolute Gasteiger partial charge is 0.241 e. The molecule has 1 aromatic rings. The highest BCUT2D eigenvalue weighted by atomic mass is 32.2. The molecular weight excluding hydrogens is 260 g/mol. The summed E-state index contributed by atoms with van der Waals surface area (Å²) in [6.07, 6.45) is 2.44. The van der Waals surface area contributed by atoms with Gasteiger partial charge in [0.15, 0.2) is 0 Å². The number of rotatable bonds is 5. The van der Waals surface area contributed by atoms with E-state index in [2.05, 4.69) is 9.62 Å². The highest BCUT2D eigenvalue weighted by Crippen LogP contribution is 2.15. The Kier molecular flexibility index (Phi) is 4.60. The molecular formula is C14H22N2O2S. The number of likely N-dealkylation sites (tertiary alicyclic amines) is 1. The Labute approximate surface area is 115 Å². The van der Waals surface area contributed by atoms with Crippen molar-refractivity contribution >= 4 is 10.0 Å². The Balaban J connectivity index is 2.02. The highest BCUT2D eigenvalue weighted by Gasteiger charge is 2.21. The minimum atomic E-state index is -3.41. The van der Waals surface area contributed by atoms with Crippen LogP contribution in [0.2, 0.25) is 0 Å². The normalized spacial score (nSPS) is 18.6. The second-order valence-corrected chi connectivity index (χ2v) is 6.98. The molecule has 1 aliphatic heterocycles. The largest absolute Gasteiger partial charge is 0.302 e. The summed E-state index contributed by atoms with van der Waals surface area (Å²) in [6.45, 7) is 6.69. The number of aryl methyl sites for hydroxylation is 1. The van der Waals surface area contributed by atoms with E-state index in [9.17, 15) is 8.42 Å². The molecule has 0 saturated carbocycles. The van der Waals surface area contributed by atoms with Gasteiger partial charge in [-0.05, 0) is 51.4 Å². The van der Waals surface area contributed by atoms with Gasteiger partial charge in [-0.2, -0.15) is 0 Å². The molecule has 1 aromatic carbocycles. The number of nitrogens with one attached hydrogen (secondary N) is 1. The SMILES string of the molecule is Cc1ccccc1S(=O)(=O)NC(C)CN1CCCC1. The van der Waals surface area contributed by atoms with Crippen LogP contribution in [0.5, 0.6) is 0 Å². The topological polar surface area (TPSA) is 49.4 Å². The van der Waals surface area contributed by atoms with Crippen molar-refractivity contribution in [3.8, 4) is 0 Å². The fourth-order valence-corrected chi connectivity index (χ4v) is 4.06. The molecule has 5 heteroatoms. The summed E-state index contributed by atoms with van der Waals surface area (Å²) in [5.74, 6) is 0. The molecule has 1 N–H and O–H groups in total. The van der Waals surface area contributed by atoms with Crippen LogP contribution in [0, 0.1) is 6.92 Å². The second-order valence-electron chi connectivity index (χ2n) is 5.30. The fourth-order valence-electron chi connectivity index (χ4n) is 2.58. The van der Waals surface area contributed by atoms with Crippen LogP contribution in [-0.4, -0.2) is 39.0 Å². The van der Waals surface area contributed by atoms with E-state index in [4.69, 9.17) is 0 Å². The maximum absolute atomic E-state index is 12.3. The fraction of sp³-hybridized carbons (Fsp3) is 0.571. The van der Waals surface area contributed by atoms with E-state index in [-0.39, 0.29) is 6.04 Å². The van der Waals surface area contributed by atoms with E-state index in [0.717, 1.165) is 25.2 Å². The molecule has 0 amide bonds. The molecule has 1 atom stereocenters. The van der Waals surface area contributed by atoms with Gasteiger partial charge in [0, 0.05) is 12.6 Å². The molecule has 0 radical (unpaired) electrons. The van der Waals surface area contributed by atoms with Crippen LogP contribution in [0.4, 0.5) is 0 Å². The van der Waals surface area contributed by atoms with Crippen LogP contribution >= 0.6 is 0 Å². The number of hydrogen-bond donors (Lipinski definition) is 1. The van der Waals surface area contributed by atoms with Crippen molar-refractivity contribution in [2.75, 3.05) is 19.6 Å². The third kappa shape index (κ3) is 3.78. The van der Waals surface area contributed by atoms with Gasteiger partial charge in [-0.3, -0.25) is 0 Å². The highest BCUT2D eigenvalue weighted by molar-refractivity contribution is 7.89. The number of benzene rings is 1. The molecule has 4 nitrogen and oxygen atoms in total. The summed E-state index contributed by atoms with van der Waals surface area (Å²) < 4.78 is 27.4. The average Bonchev–Trinajstić information content (AvgIpc) is 2.81. The summed E-state index contributed by atoms with van der Waals surface area (Å²) >= 11 is 0. The first-order valence-corrected chi connectivity index (χ1v) is 8.28. The van der Waals surface area contributed by atoms with Crippen molar-refractivity contribution in [2.24, 2.45) is 0 Å². The molecule has 1 aliphatic rings. The lowest BCUT2D eigenvalue weighted by Crippen LogP contribution is -2.41. The summed E-state index contributed by atoms with van der Waals surface area (Å²) in [5.41, 5.74) is 0.781. The second kappa shape index (κ2) is 6.03. The average molecular weight is 282 g/mol. The lowest BCUT2D eigenvalue weighted by atomic mass is 10.2. The van der Waals surface area contributed by atoms with Gasteiger partial charge < -0.3 is 4.90 Å². The molecule has 0 aliphatic carbocycles. The van der Waals surface area contributed by atoms with Gasteiger partial charge in [-0.15, -0.1) is 0 Å². The molecule has 0 bridgehead atoms. The Hall–Kier alpha value is -0.910. The van der Waals surface area contributed by atoms with Crippen molar-refractivity contribution in [3.63, 3.8) is 0 Å². The van der Waals surface area contributed by atoms with Crippen LogP contribution in [0.15, 0.2) is 29.2 Å². The Bertz CT molecular complexity index is 522. The zero-order chi connectivity index (χ0) is 13.9. The van der Waals surface area contributed by atoms with Crippen molar-refractivity contribution in [1.29, 1.82) is 0 Å². The zero-order valence-corrected chi connectivity index (χ0v) is 12.4. The molecule has 106 valence electrons. The minimum absolute atomic E-state index is 0.0669. The standard InChI is InChI=1S/C14H22N2O2S/c1-12-7-3-4-8-14(12)19(17,18)15-13(2)11-16-9-5-6-10-16/h3-4,7-8,13,15H,5-6,9-11H2,1-2H3. The third-order valence-corrected chi connectivity index (χ3v) is 5.22. The van der Waals surface area contributed by atoms with E-state index >= 15 is 0 Å². The first kappa shape index (κ1) is 14.5. The van der Waals surface area contributed by atoms with E-state index in [1.54, 1.807) is 12.1 Å². The first-order valence-electron chi connectivity index (χ1n) is 6.79. The molecule has 19 heavy (non-hydrogen) atoms. The summed E-state index contributed by atoms with van der Waals surface area (Å²) in [5, 5.41) is 0. The molecule has 1 fully saturated rings. The van der Waals surface area contributed by atoms with Crippen molar-refractivity contribution in [2.45, 2.75) is 37.6 Å². The van der Waals surface area contributed by atoms with Gasteiger partial charge in [0.05, 0.1) is 4.90 Å². The van der Waals surface area contributed by atoms with Crippen molar-refractivity contribution in [3.05, 3.63) is 29.8 Å². The summed E-state index contributed by atoms with van der Waals surface area (Å²) in [7, 11) is -3.41. The first-order chi connectivity index (χ1) is 8.99. The maximum Gasteiger partial charge on any atom is 0.241 e. The van der Waals surface area contributed by atoms with Crippen LogP contribution in [0.25, 0.3) is 0 Å². The molecule has 1 heterocycles. The Morgan fingerprint density at radius 2 is 1.89 bits per heavy atom. The van der Waals surface area contributed by atoms with Gasteiger partial charge in [-0.25, -0.2) is 13.1 Å². The van der Waals surface area contributed by atoms with E-state index in [1.165, 1.54) is 12.8 Å². The van der Waals surface area contributed by atoms with Gasteiger partial charge in [0.25, 0.3) is 0 Å². The Morgan fingerprint density at radius 3 is 2.53 bits per heavy atom. The minimum Gasteiger partial charge on any atom is -0.302 e.